The van der Waals surface area contributed by atoms with Gasteiger partial charge in [-0.25, -0.2) is 48.1 Å². The average Bonchev–Trinajstić information content (AvgIpc) is 4.07. The number of hydrogen-bond acceptors (Lipinski definition) is 24. The first-order chi connectivity index (χ1) is 37.5. The van der Waals surface area contributed by atoms with Crippen LogP contribution in [-0.2, 0) is 68.5 Å². The highest BCUT2D eigenvalue weighted by atomic mass is 35.5. The van der Waals surface area contributed by atoms with Crippen LogP contribution in [-0.4, -0.2) is 137 Å². The zero-order chi connectivity index (χ0) is 59.5. The molecule has 2 fully saturated rings. The van der Waals surface area contributed by atoms with E-state index in [1.807, 2.05) is 0 Å². The highest BCUT2D eigenvalue weighted by molar-refractivity contribution is 8.00. The Kier molecular flexibility index (Phi) is 24.3. The van der Waals surface area contributed by atoms with Crippen molar-refractivity contribution in [2.75, 3.05) is 49.1 Å². The largest absolute Gasteiger partial charge is 0.510 e. The van der Waals surface area contributed by atoms with Crippen LogP contribution >= 0.6 is 31.0 Å². The number of aliphatic hydroxyl groups excluding tert-OH is 1. The van der Waals surface area contributed by atoms with Crippen LogP contribution in [0.4, 0.5) is 49.3 Å². The molecule has 3 aromatic heterocycles. The summed E-state index contributed by atoms with van der Waals surface area (Å²) in [7, 11) is -4.06. The van der Waals surface area contributed by atoms with Crippen molar-refractivity contribution in [3.05, 3.63) is 76.1 Å². The second kappa shape index (κ2) is 29.8. The van der Waals surface area contributed by atoms with E-state index in [1.165, 1.54) is 36.5 Å². The number of anilines is 3. The maximum Gasteiger partial charge on any atom is 0.510 e. The van der Waals surface area contributed by atoms with Gasteiger partial charge in [-0.2, -0.15) is 18.2 Å². The van der Waals surface area contributed by atoms with E-state index in [1.54, 1.807) is 39.2 Å². The molecule has 80 heavy (non-hydrogen) atoms. The number of carboxylic acid groups (broad SMARTS) is 2. The highest BCUT2D eigenvalue weighted by Gasteiger charge is 2.62. The van der Waals surface area contributed by atoms with Crippen LogP contribution in [0, 0.1) is 23.6 Å². The summed E-state index contributed by atoms with van der Waals surface area (Å²) in [5.74, 6) is 1.59. The van der Waals surface area contributed by atoms with E-state index in [-0.39, 0.29) is 41.2 Å². The summed E-state index contributed by atoms with van der Waals surface area (Å²) in [4.78, 5) is 80.6. The molecule has 1 amide bonds. The van der Waals surface area contributed by atoms with E-state index < -0.39 is 117 Å². The number of aliphatic carboxylic acids is 2. The Labute approximate surface area is 459 Å². The van der Waals surface area contributed by atoms with Crippen LogP contribution in [0.2, 0.25) is 5.02 Å². The number of carbonyl (C=O) groups is 5. The average molecular weight is 1200 g/mol. The molecule has 4 atom stereocenters. The fourth-order valence-corrected chi connectivity index (χ4v) is 8.19. The zero-order valence-corrected chi connectivity index (χ0v) is 45.2. The summed E-state index contributed by atoms with van der Waals surface area (Å²) in [6.07, 6.45) is -4.20. The number of cyclic esters (lactones) is 1. The van der Waals surface area contributed by atoms with Gasteiger partial charge in [0.2, 0.25) is 13.6 Å². The van der Waals surface area contributed by atoms with Crippen molar-refractivity contribution in [2.45, 2.75) is 95.8 Å². The molecular formula is C45H53ClF4N9O19PS. The summed E-state index contributed by atoms with van der Waals surface area (Å²) in [5.41, 5.74) is 7.55. The van der Waals surface area contributed by atoms with Crippen molar-refractivity contribution < 1.29 is 104 Å². The van der Waals surface area contributed by atoms with E-state index in [9.17, 15) is 50.9 Å². The summed E-state index contributed by atoms with van der Waals surface area (Å²) in [5, 5.41) is 26.8. The standard InChI is InChI=1S/C19H30N5O10P.C14H9ClF3NO2.C8H10FN3O3S.C4H4O4/c1-12(2)33-18(25)28-9-31-35(27,32-10-29-19(26)34-13(3)4)11-30-14(5)6-24-8-23-15-16(20)21-7-22-17(15)24;15-9-3-4-11-10(7-9)13(14(16,17)18,21-12(20)19-11)6-5-8-1-2-8;9-4-1-12(8(14)11-7(4)10)5-3-16-6(2-13)15-5;5-3(6)1-2-4(7)8/h7-8,12-14H,6,9-11H2,1-5H3,(H2,20,21,22);3-4,7-8H,1-2H2,(H,19,20);1,5-6,13H,2-3H2,(H2,10,11,14);1-2H,(H,5,6)(H,7,8)/b;;;2-1+/t14-;13-;5-,6+;/m100./s1. The first-order valence-corrected chi connectivity index (χ1v) is 26.2. The summed E-state index contributed by atoms with van der Waals surface area (Å²) >= 11 is 7.13. The predicted molar refractivity (Wildman–Crippen MR) is 271 cm³/mol. The van der Waals surface area contributed by atoms with Gasteiger partial charge in [-0.3, -0.25) is 23.5 Å². The van der Waals surface area contributed by atoms with Crippen LogP contribution in [0.25, 0.3) is 11.2 Å². The number of carbonyl (C=O) groups excluding carboxylic acids is 3. The quantitative estimate of drug-likeness (QED) is 0.0127. The molecular weight excluding hydrogens is 1150 g/mol. The number of aliphatic hydroxyl groups is 1. The lowest BCUT2D eigenvalue weighted by Gasteiger charge is -2.35. The Morgan fingerprint density at radius 2 is 1.60 bits per heavy atom. The normalized spacial score (nSPS) is 17.8. The van der Waals surface area contributed by atoms with Gasteiger partial charge in [0.1, 0.15) is 29.9 Å². The molecule has 28 nitrogen and oxygen atoms in total. The molecule has 0 radical (unpaired) electrons. The molecule has 1 saturated heterocycles. The molecule has 438 valence electrons. The van der Waals surface area contributed by atoms with Gasteiger partial charge in [0, 0.05) is 34.4 Å². The lowest BCUT2D eigenvalue weighted by atomic mass is 9.90. The number of alkyl halides is 3. The molecule has 7 rings (SSSR count). The molecule has 1 aliphatic carbocycles. The predicted octanol–water partition coefficient (Wildman–Crippen LogP) is 6.37. The number of amides is 1. The number of nitrogen functional groups attached to an aromatic ring is 2. The van der Waals surface area contributed by atoms with Gasteiger partial charge in [-0.15, -0.1) is 11.8 Å². The number of imidazole rings is 1. The maximum atomic E-state index is 13.6. The fraction of sp³-hybridized carbons (Fsp3) is 0.467. The lowest BCUT2D eigenvalue weighted by molar-refractivity contribution is -0.239. The Morgan fingerprint density at radius 3 is 2.14 bits per heavy atom. The molecule has 35 heteroatoms. The fourth-order valence-electron chi connectivity index (χ4n) is 6.00. The summed E-state index contributed by atoms with van der Waals surface area (Å²) in [6.45, 7) is 6.83. The number of nitrogens with zero attached hydrogens (tertiary/aromatic N) is 6. The topological polar surface area (TPSA) is 389 Å². The van der Waals surface area contributed by atoms with Crippen LogP contribution in [0.1, 0.15) is 59.3 Å². The number of fused-ring (bicyclic) bond motifs is 2. The van der Waals surface area contributed by atoms with Gasteiger partial charge in [0.15, 0.2) is 23.1 Å². The van der Waals surface area contributed by atoms with Crippen molar-refractivity contribution in [3.63, 3.8) is 0 Å². The van der Waals surface area contributed by atoms with Gasteiger partial charge >= 0.3 is 49.8 Å². The SMILES string of the molecule is CC(C)OC(=O)OCOP(=O)(CO[C@H](C)Cn1cnc2c(N)ncnc21)OCOC(=O)OC(C)C.Nc1nc(=O)n([C@@H]2CS[C@H](CO)O2)cc1F.O=C(O)/C=C/C(=O)O.O=C1Nc2ccc(Cl)cc2[C@@](C#CC2CC2)(C(F)(F)F)O1. The van der Waals surface area contributed by atoms with E-state index in [0.717, 1.165) is 29.7 Å². The van der Waals surface area contributed by atoms with Crippen molar-refractivity contribution in [2.24, 2.45) is 5.92 Å². The molecule has 1 aromatic carbocycles. The molecule has 4 aromatic rings. The molecule has 0 spiro atoms. The first kappa shape index (κ1) is 65.2. The molecule has 5 heterocycles. The third kappa shape index (κ3) is 20.4. The molecule has 0 bridgehead atoms. The lowest BCUT2D eigenvalue weighted by Crippen LogP contribution is -2.49. The van der Waals surface area contributed by atoms with Crippen molar-refractivity contribution >= 4 is 89.8 Å². The third-order valence-corrected chi connectivity index (χ3v) is 12.5. The second-order valence-corrected chi connectivity index (χ2v) is 20.4. The molecule has 3 aliphatic rings. The minimum Gasteiger partial charge on any atom is -0.478 e. The Morgan fingerprint density at radius 1 is 0.988 bits per heavy atom. The van der Waals surface area contributed by atoms with E-state index >= 15 is 0 Å². The number of carboxylic acids is 2. The van der Waals surface area contributed by atoms with Gasteiger partial charge in [-0.1, -0.05) is 17.5 Å². The van der Waals surface area contributed by atoms with Crippen molar-refractivity contribution in [3.8, 4) is 11.8 Å². The van der Waals surface area contributed by atoms with Crippen LogP contribution in [0.15, 0.2) is 54.0 Å². The number of aromatic nitrogens is 6. The number of nitrogens with two attached hydrogens (primary N) is 2. The third-order valence-electron chi connectivity index (χ3n) is 9.68. The minimum absolute atomic E-state index is 0.00179. The number of halogens is 5. The molecule has 2 aliphatic heterocycles. The number of thioether (sulfide) groups is 1. The van der Waals surface area contributed by atoms with Gasteiger partial charge in [0.25, 0.3) is 5.60 Å². The van der Waals surface area contributed by atoms with E-state index in [0.29, 0.717) is 29.1 Å². The number of hydrogen-bond donors (Lipinski definition) is 6. The second-order valence-electron chi connectivity index (χ2n) is 16.8. The summed E-state index contributed by atoms with van der Waals surface area (Å²) < 4.78 is 115. The molecule has 8 N–H and O–H groups in total. The van der Waals surface area contributed by atoms with Crippen molar-refractivity contribution in [1.82, 2.24) is 29.1 Å². The van der Waals surface area contributed by atoms with Crippen LogP contribution < -0.4 is 22.5 Å². The number of nitrogens with one attached hydrogen (secondary N) is 1. The molecule has 1 saturated carbocycles. The zero-order valence-electron chi connectivity index (χ0n) is 42.7. The Bertz CT molecular complexity index is 2980. The molecule has 0 unspecified atom stereocenters. The van der Waals surface area contributed by atoms with Crippen LogP contribution in [0.3, 0.4) is 0 Å². The summed E-state index contributed by atoms with van der Waals surface area (Å²) in [6, 6.07) is 3.81. The van der Waals surface area contributed by atoms with E-state index in [2.05, 4.69) is 41.8 Å². The Balaban J connectivity index is 0.000000258. The van der Waals surface area contributed by atoms with Gasteiger partial charge < -0.3 is 64.5 Å². The van der Waals surface area contributed by atoms with Crippen molar-refractivity contribution in [1.29, 1.82) is 0 Å². The number of benzene rings is 1. The van der Waals surface area contributed by atoms with Gasteiger partial charge in [-0.05, 0) is 71.6 Å². The van der Waals surface area contributed by atoms with Gasteiger partial charge in [0.05, 0.1) is 49.7 Å². The maximum absolute atomic E-state index is 13.6. The van der Waals surface area contributed by atoms with E-state index in [4.69, 9.17) is 75.9 Å². The monoisotopic (exact) mass is 1200 g/mol. The first-order valence-electron chi connectivity index (χ1n) is 23.1. The highest BCUT2D eigenvalue weighted by Crippen LogP contribution is 2.49. The number of ether oxygens (including phenoxy) is 7. The Hall–Kier alpha value is -7.31. The number of rotatable bonds is 17. The van der Waals surface area contributed by atoms with Crippen LogP contribution in [0.5, 0.6) is 0 Å². The minimum atomic E-state index is -4.87. The smallest absolute Gasteiger partial charge is 0.478 e.